The summed E-state index contributed by atoms with van der Waals surface area (Å²) in [5.41, 5.74) is 0.755. The van der Waals surface area contributed by atoms with Crippen molar-refractivity contribution in [3.63, 3.8) is 0 Å². The summed E-state index contributed by atoms with van der Waals surface area (Å²) in [7, 11) is 0. The SMILES string of the molecule is OC1(CCc2cccnc2)CCNCC1. The number of aryl methyl sites for hydroxylation is 1. The van der Waals surface area contributed by atoms with Gasteiger partial charge in [-0.15, -0.1) is 0 Å². The summed E-state index contributed by atoms with van der Waals surface area (Å²) in [6.07, 6.45) is 7.17. The number of rotatable bonds is 3. The van der Waals surface area contributed by atoms with Crippen molar-refractivity contribution in [3.05, 3.63) is 30.1 Å². The van der Waals surface area contributed by atoms with Gasteiger partial charge < -0.3 is 10.4 Å². The van der Waals surface area contributed by atoms with Gasteiger partial charge in [0, 0.05) is 12.4 Å². The van der Waals surface area contributed by atoms with Gasteiger partial charge in [-0.25, -0.2) is 0 Å². The van der Waals surface area contributed by atoms with Gasteiger partial charge in [0.25, 0.3) is 0 Å². The maximum absolute atomic E-state index is 10.3. The number of hydrogen-bond donors (Lipinski definition) is 2. The number of piperidine rings is 1. The van der Waals surface area contributed by atoms with Crippen LogP contribution in [0.25, 0.3) is 0 Å². The molecule has 0 bridgehead atoms. The largest absolute Gasteiger partial charge is 0.390 e. The van der Waals surface area contributed by atoms with E-state index in [9.17, 15) is 5.11 Å². The molecule has 1 aliphatic heterocycles. The van der Waals surface area contributed by atoms with E-state index in [4.69, 9.17) is 0 Å². The zero-order valence-corrected chi connectivity index (χ0v) is 8.95. The topological polar surface area (TPSA) is 45.2 Å². The molecular formula is C12H18N2O. The predicted molar refractivity (Wildman–Crippen MR) is 59.6 cm³/mol. The molecule has 1 aliphatic rings. The number of aromatic nitrogens is 1. The molecule has 1 aromatic heterocycles. The standard InChI is InChI=1S/C12H18N2O/c15-12(5-8-13-9-6-12)4-3-11-2-1-7-14-10-11/h1-2,7,10,13,15H,3-6,8-9H2. The van der Waals surface area contributed by atoms with Crippen LogP contribution in [0.5, 0.6) is 0 Å². The van der Waals surface area contributed by atoms with Crippen molar-refractivity contribution < 1.29 is 5.11 Å². The van der Waals surface area contributed by atoms with Gasteiger partial charge in [0.1, 0.15) is 0 Å². The molecule has 0 aromatic carbocycles. The molecule has 2 heterocycles. The van der Waals surface area contributed by atoms with Crippen LogP contribution in [-0.2, 0) is 6.42 Å². The second-order valence-corrected chi connectivity index (χ2v) is 4.34. The number of pyridine rings is 1. The van der Waals surface area contributed by atoms with Crippen LogP contribution in [0.3, 0.4) is 0 Å². The van der Waals surface area contributed by atoms with E-state index in [1.165, 1.54) is 5.56 Å². The average molecular weight is 206 g/mol. The molecule has 2 N–H and O–H groups in total. The molecule has 0 spiro atoms. The van der Waals surface area contributed by atoms with Crippen molar-refractivity contribution in [3.8, 4) is 0 Å². The first-order valence-electron chi connectivity index (χ1n) is 5.61. The molecule has 0 amide bonds. The smallest absolute Gasteiger partial charge is 0.0675 e. The van der Waals surface area contributed by atoms with Gasteiger partial charge in [-0.05, 0) is 50.4 Å². The minimum atomic E-state index is -0.457. The Kier molecular flexibility index (Phi) is 3.34. The maximum Gasteiger partial charge on any atom is 0.0675 e. The van der Waals surface area contributed by atoms with Crippen LogP contribution >= 0.6 is 0 Å². The minimum Gasteiger partial charge on any atom is -0.390 e. The lowest BCUT2D eigenvalue weighted by Gasteiger charge is -2.32. The highest BCUT2D eigenvalue weighted by atomic mass is 16.3. The molecule has 3 heteroatoms. The van der Waals surface area contributed by atoms with Crippen LogP contribution in [0.15, 0.2) is 24.5 Å². The third-order valence-corrected chi connectivity index (χ3v) is 3.14. The van der Waals surface area contributed by atoms with Crippen LogP contribution in [-0.4, -0.2) is 28.8 Å². The van der Waals surface area contributed by atoms with E-state index < -0.39 is 5.60 Å². The van der Waals surface area contributed by atoms with Gasteiger partial charge in [0.05, 0.1) is 5.60 Å². The lowest BCUT2D eigenvalue weighted by Crippen LogP contribution is -2.42. The lowest BCUT2D eigenvalue weighted by atomic mass is 9.87. The molecular weight excluding hydrogens is 188 g/mol. The second kappa shape index (κ2) is 4.73. The molecule has 1 aromatic rings. The molecule has 3 nitrogen and oxygen atoms in total. The van der Waals surface area contributed by atoms with Gasteiger partial charge in [-0.2, -0.15) is 0 Å². The monoisotopic (exact) mass is 206 g/mol. The predicted octanol–water partition coefficient (Wildman–Crippen LogP) is 1.13. The fourth-order valence-corrected chi connectivity index (χ4v) is 2.07. The Bertz CT molecular complexity index is 294. The molecule has 15 heavy (non-hydrogen) atoms. The molecule has 2 rings (SSSR count). The highest BCUT2D eigenvalue weighted by molar-refractivity contribution is 5.09. The molecule has 0 unspecified atom stereocenters. The summed E-state index contributed by atoms with van der Waals surface area (Å²) in [5.74, 6) is 0. The van der Waals surface area contributed by atoms with E-state index in [0.717, 1.165) is 38.8 Å². The van der Waals surface area contributed by atoms with Gasteiger partial charge >= 0.3 is 0 Å². The summed E-state index contributed by atoms with van der Waals surface area (Å²) in [5, 5.41) is 13.5. The fourth-order valence-electron chi connectivity index (χ4n) is 2.07. The average Bonchev–Trinajstić information content (AvgIpc) is 2.29. The molecule has 82 valence electrons. The van der Waals surface area contributed by atoms with Crippen molar-refractivity contribution in [1.82, 2.24) is 10.3 Å². The van der Waals surface area contributed by atoms with E-state index in [0.29, 0.717) is 0 Å². The van der Waals surface area contributed by atoms with Crippen molar-refractivity contribution in [2.45, 2.75) is 31.3 Å². The summed E-state index contributed by atoms with van der Waals surface area (Å²) < 4.78 is 0. The summed E-state index contributed by atoms with van der Waals surface area (Å²) >= 11 is 0. The van der Waals surface area contributed by atoms with E-state index in [1.807, 2.05) is 12.3 Å². The van der Waals surface area contributed by atoms with Crippen molar-refractivity contribution in [2.24, 2.45) is 0 Å². The van der Waals surface area contributed by atoms with E-state index in [1.54, 1.807) is 6.20 Å². The van der Waals surface area contributed by atoms with Crippen LogP contribution < -0.4 is 5.32 Å². The van der Waals surface area contributed by atoms with Crippen molar-refractivity contribution in [1.29, 1.82) is 0 Å². The first-order chi connectivity index (χ1) is 7.29. The molecule has 0 atom stereocenters. The molecule has 0 saturated carbocycles. The van der Waals surface area contributed by atoms with Crippen LogP contribution in [0.2, 0.25) is 0 Å². The summed E-state index contributed by atoms with van der Waals surface area (Å²) in [4.78, 5) is 4.08. The number of nitrogens with one attached hydrogen (secondary N) is 1. The van der Waals surface area contributed by atoms with E-state index >= 15 is 0 Å². The zero-order valence-electron chi connectivity index (χ0n) is 8.95. The Morgan fingerprint density at radius 3 is 2.87 bits per heavy atom. The first kappa shape index (κ1) is 10.6. The molecule has 0 radical (unpaired) electrons. The number of hydrogen-bond acceptors (Lipinski definition) is 3. The first-order valence-corrected chi connectivity index (χ1v) is 5.61. The third kappa shape index (κ3) is 3.01. The molecule has 0 aliphatic carbocycles. The fraction of sp³-hybridized carbons (Fsp3) is 0.583. The van der Waals surface area contributed by atoms with Crippen LogP contribution in [0.1, 0.15) is 24.8 Å². The Hall–Kier alpha value is -0.930. The normalized spacial score (nSPS) is 20.1. The third-order valence-electron chi connectivity index (χ3n) is 3.14. The quantitative estimate of drug-likeness (QED) is 0.779. The van der Waals surface area contributed by atoms with E-state index in [-0.39, 0.29) is 0 Å². The van der Waals surface area contributed by atoms with Crippen molar-refractivity contribution >= 4 is 0 Å². The number of aliphatic hydroxyl groups is 1. The van der Waals surface area contributed by atoms with E-state index in [2.05, 4.69) is 16.4 Å². The lowest BCUT2D eigenvalue weighted by molar-refractivity contribution is 0.00280. The number of nitrogens with zero attached hydrogens (tertiary/aromatic N) is 1. The van der Waals surface area contributed by atoms with Gasteiger partial charge in [0.15, 0.2) is 0 Å². The molecule has 1 saturated heterocycles. The van der Waals surface area contributed by atoms with Crippen molar-refractivity contribution in [2.75, 3.05) is 13.1 Å². The summed E-state index contributed by atoms with van der Waals surface area (Å²) in [6.45, 7) is 1.87. The van der Waals surface area contributed by atoms with Gasteiger partial charge in [0.2, 0.25) is 0 Å². The Balaban J connectivity index is 1.87. The highest BCUT2D eigenvalue weighted by Gasteiger charge is 2.28. The van der Waals surface area contributed by atoms with Crippen LogP contribution in [0.4, 0.5) is 0 Å². The summed E-state index contributed by atoms with van der Waals surface area (Å²) in [6, 6.07) is 4.01. The Labute approximate surface area is 90.5 Å². The van der Waals surface area contributed by atoms with Gasteiger partial charge in [-0.3, -0.25) is 4.98 Å². The minimum absolute atomic E-state index is 0.457. The van der Waals surface area contributed by atoms with Gasteiger partial charge in [-0.1, -0.05) is 6.07 Å². The molecule has 1 fully saturated rings. The second-order valence-electron chi connectivity index (χ2n) is 4.34. The zero-order chi connectivity index (χ0) is 10.6. The highest BCUT2D eigenvalue weighted by Crippen LogP contribution is 2.23. The Morgan fingerprint density at radius 2 is 2.20 bits per heavy atom. The maximum atomic E-state index is 10.3. The van der Waals surface area contributed by atoms with Crippen LogP contribution in [0, 0.1) is 0 Å². The Morgan fingerprint density at radius 1 is 1.40 bits per heavy atom.